The predicted molar refractivity (Wildman–Crippen MR) is 144 cm³/mol. The highest BCUT2D eigenvalue weighted by molar-refractivity contribution is 6.37. The van der Waals surface area contributed by atoms with Gasteiger partial charge in [-0.15, -0.1) is 0 Å². The fraction of sp³-hybridized carbons (Fsp3) is 0.821. The Morgan fingerprint density at radius 1 is 1.16 bits per heavy atom. The largest absolute Gasteiger partial charge is 0.363 e. The van der Waals surface area contributed by atoms with E-state index in [2.05, 4.69) is 5.32 Å². The van der Waals surface area contributed by atoms with Gasteiger partial charge in [-0.1, -0.05) is 53.4 Å². The molecule has 0 aromatic heterocycles. The van der Waals surface area contributed by atoms with Crippen molar-refractivity contribution in [1.29, 1.82) is 0 Å². The van der Waals surface area contributed by atoms with E-state index in [0.717, 1.165) is 0 Å². The number of fused-ring (bicyclic) bond motifs is 1. The van der Waals surface area contributed by atoms with Crippen LogP contribution in [0.5, 0.6) is 0 Å². The van der Waals surface area contributed by atoms with E-state index in [9.17, 15) is 24.0 Å². The van der Waals surface area contributed by atoms with Crippen LogP contribution in [-0.4, -0.2) is 64.6 Å². The maximum atomic E-state index is 14.7. The van der Waals surface area contributed by atoms with Crippen molar-refractivity contribution >= 4 is 29.5 Å². The number of nitrogens with one attached hydrogen (secondary N) is 3. The smallest absolute Gasteiger partial charge is 0.315 e. The number of ketones is 1. The van der Waals surface area contributed by atoms with E-state index in [4.69, 9.17) is 37.3 Å². The van der Waals surface area contributed by atoms with E-state index in [1.807, 2.05) is 5.32 Å². The Labute approximate surface area is 258 Å². The Hall–Kier alpha value is -2.65. The molecule has 1 aliphatic heterocycles. The van der Waals surface area contributed by atoms with Gasteiger partial charge in [-0.25, -0.2) is 4.79 Å². The second-order valence-corrected chi connectivity index (χ2v) is 10.6. The third kappa shape index (κ3) is 6.86. The van der Waals surface area contributed by atoms with E-state index >= 15 is 0 Å². The summed E-state index contributed by atoms with van der Waals surface area (Å²) in [6, 6.07) is -10.2. The number of hydrogen-bond donors (Lipinski definition) is 4. The Bertz CT molecular complexity index is 1750. The second kappa shape index (κ2) is 10.5. The number of urea groups is 1. The minimum Gasteiger partial charge on any atom is -0.363 e. The molecule has 1 saturated heterocycles. The fourth-order valence-corrected chi connectivity index (χ4v) is 4.48. The number of nitrogens with two attached hydrogens (primary N) is 1. The van der Waals surface area contributed by atoms with Crippen LogP contribution >= 0.6 is 0 Å². The highest BCUT2D eigenvalue weighted by Gasteiger charge is 2.69. The molecule has 0 bridgehead atoms. The maximum Gasteiger partial charge on any atom is 0.315 e. The summed E-state index contributed by atoms with van der Waals surface area (Å²) in [6.45, 7) is -15.8. The quantitative estimate of drug-likeness (QED) is 0.321. The van der Waals surface area contributed by atoms with Crippen molar-refractivity contribution in [2.24, 2.45) is 34.3 Å². The molecule has 10 heteroatoms. The standard InChI is InChI=1S/C28H47N5O5/c1-26(2,3)13-18(31-25(38)32-27(4,5)6)24(37)33-14-16-19(28(16,7)8)20(33)23(36)30-17(21(34)22(29)35)12-15-10-9-11-15/h15-20H,9-14H2,1-8H3,(H2,29,35)(H,30,36)(H2,31,32,38)/t16-,17?,18-,19-,20-/m0/s1/i1D3,2D3,3D3,7D3,8D3,9D2,10D2,11D2,15D,17D. The Balaban J connectivity index is 2.34. The fourth-order valence-electron chi connectivity index (χ4n) is 4.48. The minimum atomic E-state index is -3.98. The number of Topliss-reactive ketones (excluding diaryl/α,β-unsaturated/α-hetero) is 1. The summed E-state index contributed by atoms with van der Waals surface area (Å²) in [5.74, 6) is -15.2. The normalized spacial score (nSPS) is 42.1. The number of primary amides is 1. The molecule has 2 aliphatic carbocycles. The SMILES string of the molecule is [2H]C(CC1([2H])C([2H])([2H])C([2H])([2H])C1([2H])[2H])(NC(=O)[C@@H]1[C@@H]2[C@H](CN1C(=O)[C@H](CC(C([2H])([2H])[2H])(C([2H])([2H])[2H])C([2H])([2H])[2H])NC(=O)NC(C)(C)C)C2(C([2H])([2H])[2H])C([2H])([2H])[2H])C(=O)C(N)=O. The van der Waals surface area contributed by atoms with Gasteiger partial charge in [0, 0.05) is 42.2 Å². The Morgan fingerprint density at radius 2 is 1.82 bits per heavy atom. The number of likely N-dealkylation sites (tertiary alicyclic amines) is 1. The number of rotatable bonds is 9. The first-order valence-corrected chi connectivity index (χ1v) is 11.6. The molecule has 2 saturated carbocycles. The Kier molecular flexibility index (Phi) is 3.16. The minimum absolute atomic E-state index is 0.317. The summed E-state index contributed by atoms with van der Waals surface area (Å²) < 4.78 is 188. The van der Waals surface area contributed by atoms with Crippen molar-refractivity contribution in [3.8, 4) is 0 Å². The molecule has 3 fully saturated rings. The van der Waals surface area contributed by atoms with Crippen LogP contribution in [-0.2, 0) is 19.2 Å². The predicted octanol–water partition coefficient (Wildman–Crippen LogP) is 2.10. The van der Waals surface area contributed by atoms with E-state index < -0.39 is 155 Å². The number of carbonyl (C=O) groups excluding carboxylic acids is 5. The molecule has 5 N–H and O–H groups in total. The molecule has 1 unspecified atom stereocenters. The van der Waals surface area contributed by atoms with Gasteiger partial charge in [0.2, 0.25) is 17.6 Å². The first kappa shape index (κ1) is 11.5. The molecule has 214 valence electrons. The average molecular weight is 557 g/mol. The monoisotopic (exact) mass is 557 g/mol. The topological polar surface area (TPSA) is 151 Å². The second-order valence-electron chi connectivity index (χ2n) is 10.6. The van der Waals surface area contributed by atoms with Crippen molar-refractivity contribution in [2.45, 2.75) is 111 Å². The molecule has 10 nitrogen and oxygen atoms in total. The van der Waals surface area contributed by atoms with Gasteiger partial charge in [0.25, 0.3) is 5.91 Å². The number of nitrogens with zero attached hydrogens (tertiary/aromatic N) is 1. The molecule has 5 amide bonds. The zero-order valence-corrected chi connectivity index (χ0v) is 21.0. The molecule has 1 heterocycles. The van der Waals surface area contributed by atoms with Gasteiger partial charge < -0.3 is 26.6 Å². The van der Waals surface area contributed by atoms with Gasteiger partial charge >= 0.3 is 6.03 Å². The summed E-state index contributed by atoms with van der Waals surface area (Å²) in [5.41, 5.74) is -2.78. The van der Waals surface area contributed by atoms with Gasteiger partial charge in [0.1, 0.15) is 12.1 Å². The zero-order valence-electron chi connectivity index (χ0n) is 44.0. The molecule has 0 aromatic carbocycles. The van der Waals surface area contributed by atoms with E-state index in [1.54, 1.807) is 5.32 Å². The van der Waals surface area contributed by atoms with Crippen LogP contribution in [0.15, 0.2) is 0 Å². The zero-order chi connectivity index (χ0) is 48.5. The lowest BCUT2D eigenvalue weighted by Crippen LogP contribution is -2.60. The number of hydrogen-bond acceptors (Lipinski definition) is 5. The molecule has 0 radical (unpaired) electrons. The third-order valence-corrected chi connectivity index (χ3v) is 6.21. The number of amides is 5. The molecule has 3 rings (SSSR count). The van der Waals surface area contributed by atoms with Crippen molar-refractivity contribution in [2.75, 3.05) is 6.54 Å². The van der Waals surface area contributed by atoms with Gasteiger partial charge in [0.05, 0.1) is 7.39 Å². The lowest BCUT2D eigenvalue weighted by atomic mass is 9.80. The molecule has 0 aromatic rings. The molecule has 5 atom stereocenters. The van der Waals surface area contributed by atoms with E-state index in [0.29, 0.717) is 4.90 Å². The first-order chi connectivity index (χ1) is 26.5. The molecule has 0 spiro atoms. The summed E-state index contributed by atoms with van der Waals surface area (Å²) in [5, 5.41) is 5.96. The highest BCUT2D eigenvalue weighted by Crippen LogP contribution is 2.65. The summed E-state index contributed by atoms with van der Waals surface area (Å²) in [7, 11) is 0. The van der Waals surface area contributed by atoms with Crippen LogP contribution in [0.3, 0.4) is 0 Å². The Morgan fingerprint density at radius 3 is 2.37 bits per heavy atom. The van der Waals surface area contributed by atoms with Crippen LogP contribution in [0, 0.1) is 28.6 Å². The van der Waals surface area contributed by atoms with Gasteiger partial charge in [-0.05, 0) is 62.2 Å². The highest BCUT2D eigenvalue weighted by atomic mass is 16.2. The van der Waals surface area contributed by atoms with Gasteiger partial charge in [-0.2, -0.15) is 0 Å². The summed E-state index contributed by atoms with van der Waals surface area (Å²) in [4.78, 5) is 68.4. The van der Waals surface area contributed by atoms with Crippen LogP contribution in [0.25, 0.3) is 0 Å². The van der Waals surface area contributed by atoms with Crippen LogP contribution < -0.4 is 21.7 Å². The third-order valence-electron chi connectivity index (χ3n) is 6.21. The number of piperidine rings is 1. The van der Waals surface area contributed by atoms with Crippen molar-refractivity contribution < 1.29 is 55.5 Å². The van der Waals surface area contributed by atoms with E-state index in [1.165, 1.54) is 20.8 Å². The van der Waals surface area contributed by atoms with Crippen molar-refractivity contribution in [3.63, 3.8) is 0 Å². The van der Waals surface area contributed by atoms with Gasteiger partial charge in [-0.3, -0.25) is 19.2 Å². The first-order valence-electron chi connectivity index (χ1n) is 23.1. The maximum absolute atomic E-state index is 14.7. The van der Waals surface area contributed by atoms with E-state index in [-0.39, 0.29) is 0 Å². The van der Waals surface area contributed by atoms with Crippen LogP contribution in [0.4, 0.5) is 4.79 Å². The van der Waals surface area contributed by atoms with Crippen molar-refractivity contribution in [3.05, 3.63) is 0 Å². The van der Waals surface area contributed by atoms with Crippen LogP contribution in [0.2, 0.25) is 0 Å². The molecular formula is C28H47N5O5. The molecule has 3 aliphatic rings. The summed E-state index contributed by atoms with van der Waals surface area (Å²) >= 11 is 0. The van der Waals surface area contributed by atoms with Gasteiger partial charge in [0.15, 0.2) is 0 Å². The molecular weight excluding hydrogens is 486 g/mol. The average Bonchev–Trinajstić information content (AvgIpc) is 3.53. The molecule has 38 heavy (non-hydrogen) atoms. The summed E-state index contributed by atoms with van der Waals surface area (Å²) in [6.07, 6.45) is -14.3. The lowest BCUT2D eigenvalue weighted by Gasteiger charge is -2.36. The van der Waals surface area contributed by atoms with Crippen LogP contribution in [0.1, 0.15) is 119 Å². The van der Waals surface area contributed by atoms with Crippen molar-refractivity contribution in [1.82, 2.24) is 20.9 Å². The number of carbonyl (C=O) groups is 5. The lowest BCUT2D eigenvalue weighted by molar-refractivity contribution is -0.144.